The van der Waals surface area contributed by atoms with E-state index in [0.717, 1.165) is 0 Å². The lowest BCUT2D eigenvalue weighted by Crippen LogP contribution is -2.00. The first-order valence-electron chi connectivity index (χ1n) is 2.69. The molecule has 0 nitrogen and oxygen atoms in total. The summed E-state index contributed by atoms with van der Waals surface area (Å²) in [6.45, 7) is 0. The van der Waals surface area contributed by atoms with Gasteiger partial charge in [0.05, 0.1) is 10.1 Å². The van der Waals surface area contributed by atoms with Gasteiger partial charge in [-0.2, -0.15) is 0 Å². The van der Waals surface area contributed by atoms with Crippen LogP contribution in [0.2, 0.25) is 0 Å². The van der Waals surface area contributed by atoms with Crippen LogP contribution in [0.4, 0.5) is 0 Å². The number of hydrogen-bond acceptors (Lipinski definition) is 5. The smallest absolute Gasteiger partial charge is 0.0665 e. The Morgan fingerprint density at radius 3 is 1.73 bits per heavy atom. The second-order valence-corrected chi connectivity index (χ2v) is 35.1. The molecule has 0 aromatic heterocycles. The van der Waals surface area contributed by atoms with E-state index < -0.39 is 7.29 Å². The summed E-state index contributed by atoms with van der Waals surface area (Å²) in [4.78, 5) is 0. The zero-order chi connectivity index (χ0) is 8.70. The maximum absolute atomic E-state index is 5.57. The molecule has 11 heavy (non-hydrogen) atoms. The lowest BCUT2D eigenvalue weighted by molar-refractivity contribution is 2.51. The fourth-order valence-electron chi connectivity index (χ4n) is 0.600. The molecular weight excluding hydrogens is 290 g/mol. The predicted octanol–water partition coefficient (Wildman–Crippen LogP) is 4.16. The highest BCUT2D eigenvalue weighted by molar-refractivity contribution is 9.62. The van der Waals surface area contributed by atoms with Crippen LogP contribution in [-0.2, 0) is 33.7 Å². The van der Waals surface area contributed by atoms with Crippen LogP contribution in [0.3, 0.4) is 0 Å². The fourth-order valence-corrected chi connectivity index (χ4v) is 75.8. The minimum atomic E-state index is -1.08. The van der Waals surface area contributed by atoms with Crippen molar-refractivity contribution in [3.05, 3.63) is 0 Å². The van der Waals surface area contributed by atoms with Crippen molar-refractivity contribution in [1.29, 1.82) is 0 Å². The lowest BCUT2D eigenvalue weighted by atomic mass is 12.0. The zero-order valence-electron chi connectivity index (χ0n) is 6.34. The molecule has 1 rings (SSSR count). The first-order chi connectivity index (χ1) is 4.98. The van der Waals surface area contributed by atoms with E-state index >= 15 is 0 Å². The third-order valence-electron chi connectivity index (χ3n) is 1.29. The highest BCUT2D eigenvalue weighted by atomic mass is 33.9. The first kappa shape index (κ1) is 11.8. The highest BCUT2D eigenvalue weighted by Crippen LogP contribution is 3.06. The Morgan fingerprint density at radius 1 is 1.18 bits per heavy atom. The zero-order valence-corrected chi connectivity index (χ0v) is 13.0. The summed E-state index contributed by atoms with van der Waals surface area (Å²) in [5, 5.41) is 0. The normalized spacial score (nSPS) is 50.3. The van der Waals surface area contributed by atoms with Crippen molar-refractivity contribution in [3.8, 4) is 0 Å². The molecule has 0 N–H and O–H groups in total. The largest absolute Gasteiger partial charge is 0.259 e. The molecule has 1 saturated heterocycles. The van der Waals surface area contributed by atoms with Gasteiger partial charge in [0.25, 0.3) is 7.29 Å². The lowest BCUT2D eigenvalue weighted by Gasteiger charge is -2.34. The molecule has 0 aromatic rings. The maximum atomic E-state index is 5.57. The van der Waals surface area contributed by atoms with Crippen LogP contribution in [0, 0.1) is 0 Å². The van der Waals surface area contributed by atoms with Gasteiger partial charge in [-0.05, 0) is 36.1 Å². The van der Waals surface area contributed by atoms with E-state index in [-0.39, 0.29) is 0 Å². The maximum Gasteiger partial charge on any atom is 0.259 e. The van der Waals surface area contributed by atoms with Crippen LogP contribution in [0.15, 0.2) is 0 Å². The molecule has 1 heterocycles. The number of rotatable bonds is 2. The van der Waals surface area contributed by atoms with Gasteiger partial charge in [0, 0.05) is 11.0 Å². The summed E-state index contributed by atoms with van der Waals surface area (Å²) in [6.07, 6.45) is 6.55. The van der Waals surface area contributed by atoms with E-state index in [1.54, 1.807) is 0 Å². The summed E-state index contributed by atoms with van der Waals surface area (Å²) in [7, 11) is 0.392. The molecule has 8 heteroatoms. The van der Waals surface area contributed by atoms with Crippen molar-refractivity contribution >= 4 is 74.8 Å². The van der Waals surface area contributed by atoms with Gasteiger partial charge in [-0.1, -0.05) is 22.8 Å². The third kappa shape index (κ3) is 2.04. The van der Waals surface area contributed by atoms with Crippen molar-refractivity contribution in [2.24, 2.45) is 0 Å². The van der Waals surface area contributed by atoms with Gasteiger partial charge < -0.3 is 0 Å². The second kappa shape index (κ2) is 4.06. The molecule has 0 amide bonds. The molecule has 0 spiro atoms. The molecule has 0 bridgehead atoms. The summed E-state index contributed by atoms with van der Waals surface area (Å²) in [6, 6.07) is 0. The minimum Gasteiger partial charge on any atom is -0.0665 e. The molecule has 1 aliphatic heterocycles. The summed E-state index contributed by atoms with van der Waals surface area (Å²) < 4.78 is -2.17. The van der Waals surface area contributed by atoms with Crippen molar-refractivity contribution < 1.29 is 0 Å². The van der Waals surface area contributed by atoms with Gasteiger partial charge >= 0.3 is 0 Å². The predicted molar refractivity (Wildman–Crippen MR) is 76.5 cm³/mol. The quantitative estimate of drug-likeness (QED) is 0.553. The van der Waals surface area contributed by atoms with Gasteiger partial charge in [0.2, 0.25) is 0 Å². The standard InChI is InChI=1S/C3H9P2S6/c1-8-4(6)10-5(7,9-2)11(4)3/h1-3H3/q+1. The van der Waals surface area contributed by atoms with Gasteiger partial charge in [-0.3, -0.25) is 0 Å². The van der Waals surface area contributed by atoms with Crippen LogP contribution in [-0.4, -0.2) is 18.8 Å². The third-order valence-corrected chi connectivity index (χ3v) is 56.5. The Bertz CT molecular complexity index is 224. The first-order valence-corrected chi connectivity index (χ1v) is 16.8. The molecule has 0 aromatic carbocycles. The van der Waals surface area contributed by atoms with Crippen LogP contribution in [0.5, 0.6) is 0 Å². The molecule has 0 radical (unpaired) electrons. The fraction of sp³-hybridized carbons (Fsp3) is 1.00. The van der Waals surface area contributed by atoms with Gasteiger partial charge in [0.1, 0.15) is 6.26 Å². The number of hydrogen-bond donors (Lipinski definition) is 0. The molecule has 66 valence electrons. The van der Waals surface area contributed by atoms with E-state index in [1.807, 2.05) is 33.8 Å². The molecular formula is C3H9P2S6+. The van der Waals surface area contributed by atoms with E-state index in [9.17, 15) is 0 Å². The molecule has 1 aliphatic rings. The average molecular weight is 299 g/mol. The monoisotopic (exact) mass is 299 g/mol. The van der Waals surface area contributed by atoms with Crippen molar-refractivity contribution in [1.82, 2.24) is 0 Å². The Balaban J connectivity index is 2.79. The SMILES string of the molecule is CSP1(=S)SP(=S)(SC)[S+]1C. The Hall–Kier alpha value is 2.70. The van der Waals surface area contributed by atoms with Crippen LogP contribution in [0.1, 0.15) is 0 Å². The Morgan fingerprint density at radius 2 is 1.55 bits per heavy atom. The van der Waals surface area contributed by atoms with Crippen LogP contribution >= 0.6 is 41.1 Å². The Labute approximate surface area is 92.7 Å². The molecule has 0 aliphatic carbocycles. The summed E-state index contributed by atoms with van der Waals surface area (Å²) in [5.74, 6) is 0. The second-order valence-electron chi connectivity index (χ2n) is 1.79. The van der Waals surface area contributed by atoms with E-state index in [0.29, 0.717) is 10.1 Å². The molecule has 1 fully saturated rings. The van der Waals surface area contributed by atoms with E-state index in [2.05, 4.69) is 18.8 Å². The van der Waals surface area contributed by atoms with E-state index in [4.69, 9.17) is 23.6 Å². The molecule has 2 atom stereocenters. The summed E-state index contributed by atoms with van der Waals surface area (Å²) in [5.41, 5.74) is 0. The molecule has 2 unspecified atom stereocenters. The van der Waals surface area contributed by atoms with Gasteiger partial charge in [0.15, 0.2) is 0 Å². The van der Waals surface area contributed by atoms with Crippen LogP contribution in [0.25, 0.3) is 0 Å². The van der Waals surface area contributed by atoms with Crippen molar-refractivity contribution in [2.75, 3.05) is 18.8 Å². The minimum absolute atomic E-state index is 0.392. The highest BCUT2D eigenvalue weighted by Gasteiger charge is 2.61. The summed E-state index contributed by atoms with van der Waals surface area (Å²) >= 11 is 16.9. The van der Waals surface area contributed by atoms with Gasteiger partial charge in [-0.15, -0.1) is 0 Å². The van der Waals surface area contributed by atoms with Crippen molar-refractivity contribution in [3.63, 3.8) is 0 Å². The Kier molecular flexibility index (Phi) is 4.34. The average Bonchev–Trinajstić information content (AvgIpc) is 2.03. The van der Waals surface area contributed by atoms with Gasteiger partial charge in [-0.25, -0.2) is 0 Å². The van der Waals surface area contributed by atoms with E-state index in [1.165, 1.54) is 0 Å². The van der Waals surface area contributed by atoms with Crippen LogP contribution < -0.4 is 0 Å². The topological polar surface area (TPSA) is 0 Å². The molecule has 0 saturated carbocycles. The van der Waals surface area contributed by atoms with Crippen molar-refractivity contribution in [2.45, 2.75) is 0 Å².